The Bertz CT molecular complexity index is 486. The van der Waals surface area contributed by atoms with E-state index in [0.717, 1.165) is 24.9 Å². The van der Waals surface area contributed by atoms with Crippen molar-refractivity contribution in [1.29, 1.82) is 0 Å². The Hall–Kier alpha value is -1.68. The number of rotatable bonds is 6. The van der Waals surface area contributed by atoms with E-state index in [-0.39, 0.29) is 18.6 Å². The highest BCUT2D eigenvalue weighted by Gasteiger charge is 2.50. The number of para-hydroxylation sites is 1. The van der Waals surface area contributed by atoms with Crippen LogP contribution in [0.15, 0.2) is 30.3 Å². The summed E-state index contributed by atoms with van der Waals surface area (Å²) in [5.41, 5.74) is -1.08. The van der Waals surface area contributed by atoms with Gasteiger partial charge in [-0.05, 0) is 18.6 Å². The number of hydrogen-bond acceptors (Lipinski definition) is 3. The SMILES string of the molecule is CCCCCC(=O)[C@@]1(O)CCN(c2ccccc2)C1=O. The van der Waals surface area contributed by atoms with Gasteiger partial charge < -0.3 is 10.0 Å². The van der Waals surface area contributed by atoms with Crippen LogP contribution in [-0.2, 0) is 9.59 Å². The molecule has 0 spiro atoms. The number of anilines is 1. The quantitative estimate of drug-likeness (QED) is 0.640. The zero-order valence-electron chi connectivity index (χ0n) is 11.8. The lowest BCUT2D eigenvalue weighted by molar-refractivity contribution is -0.147. The monoisotopic (exact) mass is 275 g/mol. The van der Waals surface area contributed by atoms with Gasteiger partial charge in [-0.1, -0.05) is 38.0 Å². The molecule has 1 aromatic carbocycles. The largest absolute Gasteiger partial charge is 0.373 e. The van der Waals surface area contributed by atoms with Crippen LogP contribution >= 0.6 is 0 Å². The molecule has 1 aliphatic heterocycles. The van der Waals surface area contributed by atoms with Gasteiger partial charge in [-0.15, -0.1) is 0 Å². The normalized spacial score (nSPS) is 22.3. The molecule has 1 N–H and O–H groups in total. The van der Waals surface area contributed by atoms with Crippen molar-refractivity contribution in [3.63, 3.8) is 0 Å². The van der Waals surface area contributed by atoms with Crippen LogP contribution in [0.5, 0.6) is 0 Å². The molecule has 0 unspecified atom stereocenters. The maximum atomic E-state index is 12.4. The molecule has 4 nitrogen and oxygen atoms in total. The minimum Gasteiger partial charge on any atom is -0.373 e. The second kappa shape index (κ2) is 6.18. The lowest BCUT2D eigenvalue weighted by atomic mass is 9.93. The van der Waals surface area contributed by atoms with Crippen LogP contribution < -0.4 is 4.90 Å². The van der Waals surface area contributed by atoms with Crippen LogP contribution in [0, 0.1) is 0 Å². The van der Waals surface area contributed by atoms with Crippen molar-refractivity contribution in [2.75, 3.05) is 11.4 Å². The van der Waals surface area contributed by atoms with Gasteiger partial charge in [0.2, 0.25) is 5.60 Å². The molecule has 0 aromatic heterocycles. The Morgan fingerprint density at radius 1 is 1.30 bits per heavy atom. The van der Waals surface area contributed by atoms with E-state index >= 15 is 0 Å². The standard InChI is InChI=1S/C16H21NO3/c1-2-3-5-10-14(18)16(20)11-12-17(15(16)19)13-8-6-4-7-9-13/h4,6-9,20H,2-3,5,10-12H2,1H3/t16-/m0/s1. The summed E-state index contributed by atoms with van der Waals surface area (Å²) in [5.74, 6) is -0.820. The maximum Gasteiger partial charge on any atom is 0.266 e. The van der Waals surface area contributed by atoms with E-state index < -0.39 is 11.5 Å². The van der Waals surface area contributed by atoms with E-state index in [0.29, 0.717) is 6.54 Å². The zero-order valence-corrected chi connectivity index (χ0v) is 11.8. The Morgan fingerprint density at radius 3 is 2.65 bits per heavy atom. The van der Waals surface area contributed by atoms with Crippen LogP contribution in [0.3, 0.4) is 0 Å². The van der Waals surface area contributed by atoms with Gasteiger partial charge in [-0.25, -0.2) is 0 Å². The summed E-state index contributed by atoms with van der Waals surface area (Å²) in [6, 6.07) is 9.16. The van der Waals surface area contributed by atoms with Crippen molar-refractivity contribution in [3.05, 3.63) is 30.3 Å². The van der Waals surface area contributed by atoms with Crippen LogP contribution in [0.1, 0.15) is 39.0 Å². The molecule has 20 heavy (non-hydrogen) atoms. The Balaban J connectivity index is 2.08. The number of carbonyl (C=O) groups is 2. The third-order valence-corrected chi connectivity index (χ3v) is 3.83. The van der Waals surface area contributed by atoms with Crippen LogP contribution in [0.25, 0.3) is 0 Å². The van der Waals surface area contributed by atoms with Gasteiger partial charge in [-0.3, -0.25) is 9.59 Å². The predicted octanol–water partition coefficient (Wildman–Crippen LogP) is 2.30. The Labute approximate surface area is 119 Å². The highest BCUT2D eigenvalue weighted by atomic mass is 16.3. The van der Waals surface area contributed by atoms with Gasteiger partial charge in [-0.2, -0.15) is 0 Å². The minimum atomic E-state index is -1.82. The fourth-order valence-corrected chi connectivity index (χ4v) is 2.56. The molecule has 0 radical (unpaired) electrons. The lowest BCUT2D eigenvalue weighted by Gasteiger charge is -2.21. The Kier molecular flexibility index (Phi) is 4.55. The summed E-state index contributed by atoms with van der Waals surface area (Å²) >= 11 is 0. The number of aliphatic hydroxyl groups is 1. The second-order valence-corrected chi connectivity index (χ2v) is 5.28. The fraction of sp³-hybridized carbons (Fsp3) is 0.500. The topological polar surface area (TPSA) is 57.6 Å². The molecule has 108 valence electrons. The van der Waals surface area contributed by atoms with Gasteiger partial charge in [0, 0.05) is 25.1 Å². The summed E-state index contributed by atoms with van der Waals surface area (Å²) in [4.78, 5) is 26.0. The number of carbonyl (C=O) groups excluding carboxylic acids is 2. The predicted molar refractivity (Wildman–Crippen MR) is 77.5 cm³/mol. The molecule has 1 atom stereocenters. The molecule has 1 saturated heterocycles. The third-order valence-electron chi connectivity index (χ3n) is 3.83. The third kappa shape index (κ3) is 2.75. The smallest absolute Gasteiger partial charge is 0.266 e. The van der Waals surface area contributed by atoms with Crippen molar-refractivity contribution < 1.29 is 14.7 Å². The first-order valence-electron chi connectivity index (χ1n) is 7.22. The van der Waals surface area contributed by atoms with Crippen molar-refractivity contribution in [2.45, 2.75) is 44.6 Å². The zero-order chi connectivity index (χ0) is 14.6. The van der Waals surface area contributed by atoms with Crippen molar-refractivity contribution in [3.8, 4) is 0 Å². The molecular formula is C16H21NO3. The van der Waals surface area contributed by atoms with Gasteiger partial charge in [0.1, 0.15) is 0 Å². The van der Waals surface area contributed by atoms with E-state index in [9.17, 15) is 14.7 Å². The van der Waals surface area contributed by atoms with E-state index in [4.69, 9.17) is 0 Å². The van der Waals surface area contributed by atoms with Gasteiger partial charge in [0.05, 0.1) is 0 Å². The molecule has 0 aliphatic carbocycles. The molecule has 1 heterocycles. The first kappa shape index (κ1) is 14.7. The fourth-order valence-electron chi connectivity index (χ4n) is 2.56. The summed E-state index contributed by atoms with van der Waals surface area (Å²) in [6.07, 6.45) is 3.15. The molecule has 0 saturated carbocycles. The van der Waals surface area contributed by atoms with Crippen LogP contribution in [0.2, 0.25) is 0 Å². The van der Waals surface area contributed by atoms with Crippen molar-refractivity contribution >= 4 is 17.4 Å². The molecule has 1 fully saturated rings. The molecule has 1 aromatic rings. The number of ketones is 1. The summed E-state index contributed by atoms with van der Waals surface area (Å²) in [7, 11) is 0. The number of Topliss-reactive ketones (excluding diaryl/α,β-unsaturated/α-hetero) is 1. The number of hydrogen-bond donors (Lipinski definition) is 1. The molecule has 2 rings (SSSR count). The summed E-state index contributed by atoms with van der Waals surface area (Å²) < 4.78 is 0. The molecular weight excluding hydrogens is 254 g/mol. The summed E-state index contributed by atoms with van der Waals surface area (Å²) in [6.45, 7) is 2.44. The van der Waals surface area contributed by atoms with Gasteiger partial charge in [0.25, 0.3) is 5.91 Å². The van der Waals surface area contributed by atoms with Crippen molar-refractivity contribution in [2.24, 2.45) is 0 Å². The average Bonchev–Trinajstić information content (AvgIpc) is 2.77. The first-order chi connectivity index (χ1) is 9.59. The number of benzene rings is 1. The molecule has 1 amide bonds. The number of amides is 1. The lowest BCUT2D eigenvalue weighted by Crippen LogP contribution is -2.46. The number of unbranched alkanes of at least 4 members (excludes halogenated alkanes) is 2. The van der Waals surface area contributed by atoms with Gasteiger partial charge >= 0.3 is 0 Å². The molecule has 0 bridgehead atoms. The summed E-state index contributed by atoms with van der Waals surface area (Å²) in [5, 5.41) is 10.4. The average molecular weight is 275 g/mol. The van der Waals surface area contributed by atoms with Crippen LogP contribution in [0.4, 0.5) is 5.69 Å². The second-order valence-electron chi connectivity index (χ2n) is 5.28. The minimum absolute atomic E-state index is 0.186. The van der Waals surface area contributed by atoms with E-state index in [1.54, 1.807) is 0 Å². The maximum absolute atomic E-state index is 12.4. The van der Waals surface area contributed by atoms with E-state index in [1.165, 1.54) is 4.90 Å². The van der Waals surface area contributed by atoms with E-state index in [1.807, 2.05) is 30.3 Å². The molecule has 1 aliphatic rings. The first-order valence-corrected chi connectivity index (χ1v) is 7.22. The van der Waals surface area contributed by atoms with E-state index in [2.05, 4.69) is 6.92 Å². The highest BCUT2D eigenvalue weighted by molar-refractivity contribution is 6.16. The Morgan fingerprint density at radius 2 is 2.00 bits per heavy atom. The van der Waals surface area contributed by atoms with Gasteiger partial charge in [0.15, 0.2) is 5.78 Å². The number of nitrogens with zero attached hydrogens (tertiary/aromatic N) is 1. The van der Waals surface area contributed by atoms with Crippen LogP contribution in [-0.4, -0.2) is 28.9 Å². The highest BCUT2D eigenvalue weighted by Crippen LogP contribution is 2.30. The van der Waals surface area contributed by atoms with Crippen molar-refractivity contribution in [1.82, 2.24) is 0 Å². The molecule has 4 heteroatoms.